The summed E-state index contributed by atoms with van der Waals surface area (Å²) in [5.74, 6) is 0. The minimum absolute atomic E-state index is 0.368. The first-order chi connectivity index (χ1) is 5.35. The zero-order chi connectivity index (χ0) is 9.78. The summed E-state index contributed by atoms with van der Waals surface area (Å²) in [5.41, 5.74) is 0.375. The topological polar surface area (TPSA) is 9.23 Å². The molecule has 0 aliphatic rings. The molecule has 0 aromatic carbocycles. The Morgan fingerprint density at radius 3 is 2.00 bits per heavy atom. The Balaban J connectivity index is 3.66. The Hall–Kier alpha value is 0.390. The van der Waals surface area contributed by atoms with Gasteiger partial charge in [0.25, 0.3) is 0 Å². The van der Waals surface area contributed by atoms with E-state index in [9.17, 15) is 0 Å². The highest BCUT2D eigenvalue weighted by Crippen LogP contribution is 2.22. The largest absolute Gasteiger partial charge is 0.375 e. The van der Waals surface area contributed by atoms with Crippen molar-refractivity contribution in [1.29, 1.82) is 0 Å². The van der Waals surface area contributed by atoms with Crippen LogP contribution < -0.4 is 0 Å². The lowest BCUT2D eigenvalue weighted by atomic mass is 9.90. The van der Waals surface area contributed by atoms with E-state index in [1.165, 1.54) is 0 Å². The molecule has 1 nitrogen and oxygen atoms in total. The number of ether oxygens (including phenoxy) is 1. The van der Waals surface area contributed by atoms with Crippen LogP contribution in [-0.4, -0.2) is 18.4 Å². The van der Waals surface area contributed by atoms with E-state index in [4.69, 9.17) is 4.74 Å². The van der Waals surface area contributed by atoms with Crippen molar-refractivity contribution in [3.8, 4) is 0 Å². The second-order valence-corrected chi connectivity index (χ2v) is 5.23. The molecule has 0 fully saturated rings. The third-order valence-corrected chi connectivity index (χ3v) is 2.36. The van der Waals surface area contributed by atoms with E-state index in [1.807, 2.05) is 0 Å². The van der Waals surface area contributed by atoms with Crippen molar-refractivity contribution in [2.75, 3.05) is 6.16 Å². The monoisotopic (exact) mass is 190 g/mol. The van der Waals surface area contributed by atoms with Crippen LogP contribution in [0.3, 0.4) is 0 Å². The highest BCUT2D eigenvalue weighted by Gasteiger charge is 2.16. The van der Waals surface area contributed by atoms with Crippen LogP contribution >= 0.6 is 9.24 Å². The predicted molar refractivity (Wildman–Crippen MR) is 58.7 cm³/mol. The maximum absolute atomic E-state index is 5.75. The Morgan fingerprint density at radius 1 is 1.17 bits per heavy atom. The average Bonchev–Trinajstić information content (AvgIpc) is 1.82. The Bertz CT molecular complexity index is 117. The van der Waals surface area contributed by atoms with Crippen molar-refractivity contribution < 1.29 is 4.74 Å². The summed E-state index contributed by atoms with van der Waals surface area (Å²) < 4.78 is 5.75. The fourth-order valence-corrected chi connectivity index (χ4v) is 1.47. The summed E-state index contributed by atoms with van der Waals surface area (Å²) in [6, 6.07) is 0. The molecule has 0 radical (unpaired) electrons. The lowest BCUT2D eigenvalue weighted by Crippen LogP contribution is -2.23. The van der Waals surface area contributed by atoms with Gasteiger partial charge in [0.2, 0.25) is 0 Å². The van der Waals surface area contributed by atoms with Crippen LogP contribution in [0.15, 0.2) is 0 Å². The molecule has 0 aliphatic heterocycles. The normalized spacial score (nSPS) is 17.5. The zero-order valence-corrected chi connectivity index (χ0v) is 10.2. The minimum Gasteiger partial charge on any atom is -0.375 e. The molecule has 0 aromatic heterocycles. The van der Waals surface area contributed by atoms with Crippen LogP contribution in [0.5, 0.6) is 0 Å². The molecule has 0 heterocycles. The maximum atomic E-state index is 5.75. The quantitative estimate of drug-likeness (QED) is 0.619. The fraction of sp³-hybridized carbons (Fsp3) is 1.00. The second kappa shape index (κ2) is 5.19. The SMILES string of the molecule is CC(CP)OC(C)CC(C)(C)C. The third kappa shape index (κ3) is 7.06. The summed E-state index contributed by atoms with van der Waals surface area (Å²) in [6.07, 6.45) is 2.89. The average molecular weight is 190 g/mol. The summed E-state index contributed by atoms with van der Waals surface area (Å²) in [4.78, 5) is 0. The van der Waals surface area contributed by atoms with E-state index < -0.39 is 0 Å². The Kier molecular flexibility index (Phi) is 5.36. The predicted octanol–water partition coefficient (Wildman–Crippen LogP) is 3.09. The molecular formula is C10H23OP. The van der Waals surface area contributed by atoms with Crippen molar-refractivity contribution in [2.24, 2.45) is 5.41 Å². The summed E-state index contributed by atoms with van der Waals surface area (Å²) in [6.45, 7) is 11.0. The van der Waals surface area contributed by atoms with Crippen LogP contribution in [-0.2, 0) is 4.74 Å². The molecule has 12 heavy (non-hydrogen) atoms. The minimum atomic E-state index is 0.368. The van der Waals surface area contributed by atoms with Crippen molar-refractivity contribution in [3.63, 3.8) is 0 Å². The molecule has 0 rings (SSSR count). The van der Waals surface area contributed by atoms with Gasteiger partial charge in [0.15, 0.2) is 0 Å². The number of hydrogen-bond donors (Lipinski definition) is 0. The molecule has 0 saturated carbocycles. The second-order valence-electron chi connectivity index (χ2n) is 4.76. The molecule has 0 spiro atoms. The summed E-state index contributed by atoms with van der Waals surface area (Å²) in [7, 11) is 2.71. The van der Waals surface area contributed by atoms with E-state index in [1.54, 1.807) is 0 Å². The molecule has 0 N–H and O–H groups in total. The lowest BCUT2D eigenvalue weighted by molar-refractivity contribution is -0.000147. The summed E-state index contributed by atoms with van der Waals surface area (Å²) >= 11 is 0. The van der Waals surface area contributed by atoms with Crippen molar-refractivity contribution in [3.05, 3.63) is 0 Å². The van der Waals surface area contributed by atoms with E-state index in [0.29, 0.717) is 17.6 Å². The van der Waals surface area contributed by atoms with Gasteiger partial charge in [-0.1, -0.05) is 20.8 Å². The molecule has 0 bridgehead atoms. The van der Waals surface area contributed by atoms with E-state index >= 15 is 0 Å². The summed E-state index contributed by atoms with van der Waals surface area (Å²) in [5, 5.41) is 0. The van der Waals surface area contributed by atoms with Gasteiger partial charge in [0, 0.05) is 0 Å². The fourth-order valence-electron chi connectivity index (χ4n) is 1.36. The molecule has 2 heteroatoms. The van der Waals surface area contributed by atoms with Gasteiger partial charge in [-0.15, -0.1) is 9.24 Å². The molecule has 3 unspecified atom stereocenters. The molecule has 0 aromatic rings. The van der Waals surface area contributed by atoms with Crippen LogP contribution in [0.1, 0.15) is 41.0 Å². The van der Waals surface area contributed by atoms with Gasteiger partial charge in [-0.2, -0.15) is 0 Å². The molecular weight excluding hydrogens is 167 g/mol. The van der Waals surface area contributed by atoms with Crippen molar-refractivity contribution in [1.82, 2.24) is 0 Å². The Morgan fingerprint density at radius 2 is 1.67 bits per heavy atom. The van der Waals surface area contributed by atoms with Gasteiger partial charge < -0.3 is 4.74 Å². The molecule has 0 amide bonds. The lowest BCUT2D eigenvalue weighted by Gasteiger charge is -2.25. The van der Waals surface area contributed by atoms with Crippen molar-refractivity contribution >= 4 is 9.24 Å². The standard InChI is InChI=1S/C10H23OP/c1-8(6-10(3,4)5)11-9(2)7-12/h8-9H,6-7,12H2,1-5H3. The Labute approximate surface area is 79.5 Å². The molecule has 74 valence electrons. The number of hydrogen-bond acceptors (Lipinski definition) is 1. The third-order valence-electron chi connectivity index (χ3n) is 1.70. The first-order valence-electron chi connectivity index (χ1n) is 4.70. The number of rotatable bonds is 4. The van der Waals surface area contributed by atoms with Gasteiger partial charge in [-0.3, -0.25) is 0 Å². The smallest absolute Gasteiger partial charge is 0.0585 e. The van der Waals surface area contributed by atoms with Gasteiger partial charge in [-0.25, -0.2) is 0 Å². The molecule has 3 atom stereocenters. The van der Waals surface area contributed by atoms with Crippen LogP contribution in [0.2, 0.25) is 0 Å². The highest BCUT2D eigenvalue weighted by atomic mass is 31.0. The van der Waals surface area contributed by atoms with Gasteiger partial charge >= 0.3 is 0 Å². The molecule has 0 saturated heterocycles. The van der Waals surface area contributed by atoms with Crippen molar-refractivity contribution in [2.45, 2.75) is 53.2 Å². The van der Waals surface area contributed by atoms with E-state index in [-0.39, 0.29) is 0 Å². The highest BCUT2D eigenvalue weighted by molar-refractivity contribution is 7.16. The van der Waals surface area contributed by atoms with Gasteiger partial charge in [-0.05, 0) is 31.8 Å². The van der Waals surface area contributed by atoms with Crippen LogP contribution in [0.25, 0.3) is 0 Å². The van der Waals surface area contributed by atoms with Gasteiger partial charge in [0.05, 0.1) is 12.2 Å². The van der Waals surface area contributed by atoms with E-state index in [0.717, 1.165) is 12.6 Å². The molecule has 0 aliphatic carbocycles. The zero-order valence-electron chi connectivity index (χ0n) is 9.05. The maximum Gasteiger partial charge on any atom is 0.0585 e. The van der Waals surface area contributed by atoms with Crippen LogP contribution in [0.4, 0.5) is 0 Å². The van der Waals surface area contributed by atoms with Crippen LogP contribution in [0, 0.1) is 5.41 Å². The first kappa shape index (κ1) is 12.4. The van der Waals surface area contributed by atoms with E-state index in [2.05, 4.69) is 43.9 Å². The first-order valence-corrected chi connectivity index (χ1v) is 5.52. The van der Waals surface area contributed by atoms with Gasteiger partial charge in [0.1, 0.15) is 0 Å².